The van der Waals surface area contributed by atoms with Gasteiger partial charge in [0.05, 0.1) is 6.04 Å². The largest absolute Gasteiger partial charge is 0.300 e. The summed E-state index contributed by atoms with van der Waals surface area (Å²) in [7, 11) is 3.26. The van der Waals surface area contributed by atoms with Crippen molar-refractivity contribution in [1.29, 1.82) is 0 Å². The average molecular weight is 222 g/mol. The lowest BCUT2D eigenvalue weighted by Crippen LogP contribution is -2.35. The third kappa shape index (κ3) is 3.99. The Hall–Kier alpha value is -0.240. The molecule has 1 fully saturated rings. The topological polar surface area (TPSA) is 37.4 Å². The first-order valence-corrected chi connectivity index (χ1v) is 6.47. The van der Waals surface area contributed by atoms with Gasteiger partial charge in [-0.15, -0.1) is 0 Å². The summed E-state index contributed by atoms with van der Waals surface area (Å²) >= 11 is 0. The van der Waals surface area contributed by atoms with E-state index in [1.807, 2.05) is 7.05 Å². The molecular formula is C8H12ClNO2S. The van der Waals surface area contributed by atoms with Crippen LogP contribution in [0, 0.1) is 11.2 Å². The summed E-state index contributed by atoms with van der Waals surface area (Å²) in [5.74, 6) is 2.67. The summed E-state index contributed by atoms with van der Waals surface area (Å²) in [6.07, 6.45) is 3.18. The van der Waals surface area contributed by atoms with E-state index in [-0.39, 0.29) is 6.04 Å². The second-order valence-electron chi connectivity index (χ2n) is 3.18. The fourth-order valence-electron chi connectivity index (χ4n) is 1.40. The van der Waals surface area contributed by atoms with Crippen molar-refractivity contribution in [3.05, 3.63) is 0 Å². The number of nitrogens with zero attached hydrogens (tertiary/aromatic N) is 1. The van der Waals surface area contributed by atoms with Crippen LogP contribution in [0.4, 0.5) is 0 Å². The summed E-state index contributed by atoms with van der Waals surface area (Å²) < 4.78 is 21.1. The van der Waals surface area contributed by atoms with Gasteiger partial charge in [-0.05, 0) is 32.9 Å². The van der Waals surface area contributed by atoms with E-state index in [0.29, 0.717) is 0 Å². The molecule has 0 radical (unpaired) electrons. The lowest BCUT2D eigenvalue weighted by molar-refractivity contribution is 0.229. The maximum Gasteiger partial charge on any atom is 0.300 e. The molecule has 1 saturated heterocycles. The van der Waals surface area contributed by atoms with Gasteiger partial charge in [0.1, 0.15) is 0 Å². The van der Waals surface area contributed by atoms with E-state index in [9.17, 15) is 8.42 Å². The molecule has 0 aromatic heterocycles. The molecule has 1 rings (SSSR count). The SMILES string of the molecule is CN1CCCCC1C#CS(=O)(=O)Cl. The third-order valence-corrected chi connectivity index (χ3v) is 2.71. The second-order valence-corrected chi connectivity index (χ2v) is 5.48. The molecule has 74 valence electrons. The Morgan fingerprint density at radius 1 is 1.46 bits per heavy atom. The first kappa shape index (κ1) is 10.8. The van der Waals surface area contributed by atoms with Gasteiger partial charge >= 0.3 is 9.05 Å². The molecule has 0 aliphatic carbocycles. The fraction of sp³-hybridized carbons (Fsp3) is 0.750. The predicted octanol–water partition coefficient (Wildman–Crippen LogP) is 1.00. The highest BCUT2D eigenvalue weighted by molar-refractivity contribution is 8.17. The van der Waals surface area contributed by atoms with Gasteiger partial charge in [-0.3, -0.25) is 4.90 Å². The molecule has 0 saturated carbocycles. The number of likely N-dealkylation sites (tertiary alicyclic amines) is 1. The molecule has 1 aliphatic heterocycles. The van der Waals surface area contributed by atoms with Crippen molar-refractivity contribution in [2.24, 2.45) is 0 Å². The van der Waals surface area contributed by atoms with Crippen molar-refractivity contribution in [2.75, 3.05) is 13.6 Å². The highest BCUT2D eigenvalue weighted by Gasteiger charge is 2.16. The average Bonchev–Trinajstić information content (AvgIpc) is 2.01. The highest BCUT2D eigenvalue weighted by Crippen LogP contribution is 2.14. The second kappa shape index (κ2) is 4.32. The molecule has 5 heteroatoms. The van der Waals surface area contributed by atoms with Gasteiger partial charge in [0.15, 0.2) is 0 Å². The zero-order valence-electron chi connectivity index (χ0n) is 7.46. The molecule has 1 heterocycles. The van der Waals surface area contributed by atoms with Crippen LogP contribution in [-0.2, 0) is 9.05 Å². The van der Waals surface area contributed by atoms with Crippen LogP contribution in [-0.4, -0.2) is 33.0 Å². The number of hydrogen-bond acceptors (Lipinski definition) is 3. The minimum Gasteiger partial charge on any atom is -0.293 e. The van der Waals surface area contributed by atoms with Crippen molar-refractivity contribution in [3.8, 4) is 11.2 Å². The molecule has 1 aliphatic rings. The Morgan fingerprint density at radius 2 is 2.15 bits per heavy atom. The molecule has 0 spiro atoms. The minimum absolute atomic E-state index is 0.0438. The van der Waals surface area contributed by atoms with E-state index in [1.165, 1.54) is 0 Å². The van der Waals surface area contributed by atoms with Crippen molar-refractivity contribution in [2.45, 2.75) is 25.3 Å². The smallest absolute Gasteiger partial charge is 0.293 e. The van der Waals surface area contributed by atoms with Crippen LogP contribution >= 0.6 is 10.7 Å². The van der Waals surface area contributed by atoms with Crippen LogP contribution in [0.15, 0.2) is 0 Å². The van der Waals surface area contributed by atoms with Gasteiger partial charge in [0.2, 0.25) is 0 Å². The van der Waals surface area contributed by atoms with E-state index < -0.39 is 9.05 Å². The van der Waals surface area contributed by atoms with E-state index in [0.717, 1.165) is 25.8 Å². The number of halogens is 1. The van der Waals surface area contributed by atoms with Crippen molar-refractivity contribution in [3.63, 3.8) is 0 Å². The van der Waals surface area contributed by atoms with Gasteiger partial charge in [0, 0.05) is 15.9 Å². The minimum atomic E-state index is -3.66. The summed E-state index contributed by atoms with van der Waals surface area (Å²) in [6.45, 7) is 0.974. The van der Waals surface area contributed by atoms with Crippen LogP contribution in [0.1, 0.15) is 19.3 Å². The third-order valence-electron chi connectivity index (χ3n) is 2.12. The van der Waals surface area contributed by atoms with Gasteiger partial charge in [-0.25, -0.2) is 0 Å². The van der Waals surface area contributed by atoms with Crippen molar-refractivity contribution >= 4 is 19.7 Å². The van der Waals surface area contributed by atoms with Crippen LogP contribution in [0.2, 0.25) is 0 Å². The predicted molar refractivity (Wildman–Crippen MR) is 52.8 cm³/mol. The normalized spacial score (nSPS) is 24.9. The zero-order valence-corrected chi connectivity index (χ0v) is 9.03. The number of hydrogen-bond donors (Lipinski definition) is 0. The molecule has 0 N–H and O–H groups in total. The quantitative estimate of drug-likeness (QED) is 0.453. The maximum absolute atomic E-state index is 10.6. The first-order valence-electron chi connectivity index (χ1n) is 4.16. The summed E-state index contributed by atoms with van der Waals surface area (Å²) in [5, 5.41) is 2.07. The Bertz CT molecular complexity index is 328. The molecule has 3 nitrogen and oxygen atoms in total. The Kier molecular flexibility index (Phi) is 3.60. The first-order chi connectivity index (χ1) is 5.99. The maximum atomic E-state index is 10.6. The number of rotatable bonds is 0. The Labute approximate surface area is 83.5 Å². The standard InChI is InChI=1S/C8H12ClNO2S/c1-10-6-3-2-4-8(10)5-7-13(9,11)12/h8H,2-4,6H2,1H3. The van der Waals surface area contributed by atoms with Crippen molar-refractivity contribution < 1.29 is 8.42 Å². The van der Waals surface area contributed by atoms with E-state index in [1.54, 1.807) is 0 Å². The van der Waals surface area contributed by atoms with Crippen molar-refractivity contribution in [1.82, 2.24) is 4.90 Å². The van der Waals surface area contributed by atoms with Crippen LogP contribution in [0.3, 0.4) is 0 Å². The van der Waals surface area contributed by atoms with E-state index >= 15 is 0 Å². The lowest BCUT2D eigenvalue weighted by atomic mass is 10.0. The van der Waals surface area contributed by atoms with Crippen LogP contribution in [0.5, 0.6) is 0 Å². The Morgan fingerprint density at radius 3 is 2.69 bits per heavy atom. The van der Waals surface area contributed by atoms with Gasteiger partial charge < -0.3 is 0 Å². The molecule has 0 amide bonds. The highest BCUT2D eigenvalue weighted by atomic mass is 35.7. The fourth-order valence-corrected chi connectivity index (χ4v) is 1.81. The molecule has 13 heavy (non-hydrogen) atoms. The zero-order chi connectivity index (χ0) is 9.90. The van der Waals surface area contributed by atoms with Crippen LogP contribution < -0.4 is 0 Å². The summed E-state index contributed by atoms with van der Waals surface area (Å²) in [4.78, 5) is 2.05. The summed E-state index contributed by atoms with van der Waals surface area (Å²) in [5.41, 5.74) is 0. The summed E-state index contributed by atoms with van der Waals surface area (Å²) in [6, 6.07) is 0.0438. The molecule has 0 aromatic carbocycles. The Balaban J connectivity index is 2.65. The molecule has 0 bridgehead atoms. The molecule has 0 aromatic rings. The van der Waals surface area contributed by atoms with Crippen LogP contribution in [0.25, 0.3) is 0 Å². The molecule has 1 atom stereocenters. The van der Waals surface area contributed by atoms with Gasteiger partial charge in [-0.2, -0.15) is 8.42 Å². The molecule has 1 unspecified atom stereocenters. The molecular weight excluding hydrogens is 210 g/mol. The van der Waals surface area contributed by atoms with Gasteiger partial charge in [-0.1, -0.05) is 5.92 Å². The van der Waals surface area contributed by atoms with E-state index in [2.05, 4.69) is 16.1 Å². The lowest BCUT2D eigenvalue weighted by Gasteiger charge is -2.28. The monoisotopic (exact) mass is 221 g/mol. The van der Waals surface area contributed by atoms with E-state index in [4.69, 9.17) is 10.7 Å². The van der Waals surface area contributed by atoms with Gasteiger partial charge in [0.25, 0.3) is 0 Å². The number of piperidine rings is 1.